The van der Waals surface area contributed by atoms with E-state index in [2.05, 4.69) is 10.0 Å². The van der Waals surface area contributed by atoms with Crippen molar-refractivity contribution in [3.63, 3.8) is 0 Å². The van der Waals surface area contributed by atoms with E-state index < -0.39 is 33.4 Å². The highest BCUT2D eigenvalue weighted by atomic mass is 32.2. The second kappa shape index (κ2) is 8.59. The lowest BCUT2D eigenvalue weighted by Gasteiger charge is -2.17. The largest absolute Gasteiger partial charge is 0.481 e. The first-order chi connectivity index (χ1) is 13.1. The van der Waals surface area contributed by atoms with Gasteiger partial charge in [0.2, 0.25) is 15.9 Å². The lowest BCUT2D eigenvalue weighted by atomic mass is 10.0. The van der Waals surface area contributed by atoms with Crippen LogP contribution < -0.4 is 10.0 Å². The molecule has 2 aromatic carbocycles. The molecule has 2 rings (SSSR count). The molecule has 11 heteroatoms. The third-order valence-corrected chi connectivity index (χ3v) is 5.13. The Kier molecular flexibility index (Phi) is 6.44. The van der Waals surface area contributed by atoms with E-state index in [0.717, 1.165) is 6.07 Å². The molecule has 3 N–H and O–H groups in total. The van der Waals surface area contributed by atoms with Gasteiger partial charge in [0, 0.05) is 24.7 Å². The van der Waals surface area contributed by atoms with E-state index in [1.165, 1.54) is 49.4 Å². The molecule has 10 nitrogen and oxygen atoms in total. The van der Waals surface area contributed by atoms with Crippen molar-refractivity contribution in [2.24, 2.45) is 0 Å². The highest BCUT2D eigenvalue weighted by molar-refractivity contribution is 7.89. The first-order valence-corrected chi connectivity index (χ1v) is 9.43. The Morgan fingerprint density at radius 2 is 1.82 bits per heavy atom. The number of carbonyl (C=O) groups excluding carboxylic acids is 1. The number of non-ortho nitro benzene ring substituents is 1. The van der Waals surface area contributed by atoms with Crippen LogP contribution in [0, 0.1) is 10.1 Å². The molecule has 0 aromatic heterocycles. The number of carboxylic acids is 1. The van der Waals surface area contributed by atoms with Crippen LogP contribution in [0.5, 0.6) is 0 Å². The molecule has 0 spiro atoms. The molecule has 0 fully saturated rings. The minimum Gasteiger partial charge on any atom is -0.481 e. The molecule has 0 radical (unpaired) electrons. The van der Waals surface area contributed by atoms with Gasteiger partial charge < -0.3 is 10.4 Å². The summed E-state index contributed by atoms with van der Waals surface area (Å²) in [7, 11) is -4.13. The standard InChI is InChI=1S/C17H17N3O7S/c1-11(21)18-13-5-7-15(8-6-13)28(26,27)19-16(10-17(22)23)12-3-2-4-14(9-12)20(24)25/h2-9,16,19H,10H2,1H3,(H,18,21)(H,22,23)/t16-/m1/s1. The molecule has 0 aliphatic rings. The van der Waals surface area contributed by atoms with Crippen molar-refractivity contribution in [3.05, 3.63) is 64.2 Å². The van der Waals surface area contributed by atoms with E-state index in [-0.39, 0.29) is 22.1 Å². The maximum atomic E-state index is 12.6. The topological polar surface area (TPSA) is 156 Å². The number of hydrogen-bond acceptors (Lipinski definition) is 6. The number of rotatable bonds is 8. The van der Waals surface area contributed by atoms with Gasteiger partial charge in [-0.05, 0) is 29.8 Å². The van der Waals surface area contributed by atoms with E-state index in [4.69, 9.17) is 5.11 Å². The van der Waals surface area contributed by atoms with Gasteiger partial charge in [0.15, 0.2) is 0 Å². The molecule has 1 amide bonds. The van der Waals surface area contributed by atoms with Crippen molar-refractivity contribution < 1.29 is 28.0 Å². The van der Waals surface area contributed by atoms with Crippen LogP contribution in [0.4, 0.5) is 11.4 Å². The average molecular weight is 407 g/mol. The Morgan fingerprint density at radius 1 is 1.18 bits per heavy atom. The SMILES string of the molecule is CC(=O)Nc1ccc(S(=O)(=O)N[C@H](CC(=O)O)c2cccc([N+](=O)[O-])c2)cc1. The van der Waals surface area contributed by atoms with E-state index in [1.807, 2.05) is 0 Å². The number of nitro groups is 1. The Morgan fingerprint density at radius 3 is 2.36 bits per heavy atom. The fourth-order valence-corrected chi connectivity index (χ4v) is 3.66. The van der Waals surface area contributed by atoms with Crippen LogP contribution in [0.1, 0.15) is 24.9 Å². The third kappa shape index (κ3) is 5.59. The number of amides is 1. The minimum atomic E-state index is -4.13. The first kappa shape index (κ1) is 21.0. The summed E-state index contributed by atoms with van der Waals surface area (Å²) in [4.78, 5) is 32.3. The van der Waals surface area contributed by atoms with Crippen LogP contribution in [0.25, 0.3) is 0 Å². The van der Waals surface area contributed by atoms with Crippen LogP contribution >= 0.6 is 0 Å². The normalized spacial score (nSPS) is 12.2. The van der Waals surface area contributed by atoms with Crippen molar-refractivity contribution in [3.8, 4) is 0 Å². The van der Waals surface area contributed by atoms with E-state index in [1.54, 1.807) is 0 Å². The van der Waals surface area contributed by atoms with Crippen LogP contribution in [0.2, 0.25) is 0 Å². The summed E-state index contributed by atoms with van der Waals surface area (Å²) in [6.45, 7) is 1.31. The van der Waals surface area contributed by atoms with Crippen LogP contribution in [-0.2, 0) is 19.6 Å². The highest BCUT2D eigenvalue weighted by Gasteiger charge is 2.25. The van der Waals surface area contributed by atoms with Gasteiger partial charge >= 0.3 is 5.97 Å². The van der Waals surface area contributed by atoms with Crippen LogP contribution in [0.15, 0.2) is 53.4 Å². The molecule has 0 aliphatic heterocycles. The Labute approximate surface area is 160 Å². The van der Waals surface area contributed by atoms with Gasteiger partial charge in [-0.2, -0.15) is 0 Å². The fourth-order valence-electron chi connectivity index (χ4n) is 2.43. The zero-order chi connectivity index (χ0) is 20.9. The molecule has 0 saturated heterocycles. The summed E-state index contributed by atoms with van der Waals surface area (Å²) in [5.41, 5.74) is 0.258. The molecule has 28 heavy (non-hydrogen) atoms. The van der Waals surface area contributed by atoms with Crippen molar-refractivity contribution >= 4 is 33.3 Å². The summed E-state index contributed by atoms with van der Waals surface area (Å²) in [5, 5.41) is 22.5. The quantitative estimate of drug-likeness (QED) is 0.446. The molecule has 148 valence electrons. The van der Waals surface area contributed by atoms with E-state index in [0.29, 0.717) is 5.69 Å². The number of nitro benzene ring substituents is 1. The molecule has 0 heterocycles. The van der Waals surface area contributed by atoms with Gasteiger partial charge in [-0.1, -0.05) is 12.1 Å². The Hall–Kier alpha value is -3.31. The zero-order valence-electron chi connectivity index (χ0n) is 14.7. The maximum Gasteiger partial charge on any atom is 0.305 e. The second-order valence-corrected chi connectivity index (χ2v) is 7.54. The van der Waals surface area contributed by atoms with Gasteiger partial charge in [-0.25, -0.2) is 13.1 Å². The smallest absolute Gasteiger partial charge is 0.305 e. The molecule has 0 unspecified atom stereocenters. The number of sulfonamides is 1. The third-order valence-electron chi connectivity index (χ3n) is 3.64. The summed E-state index contributed by atoms with van der Waals surface area (Å²) >= 11 is 0. The fraction of sp³-hybridized carbons (Fsp3) is 0.176. The Bertz CT molecular complexity index is 1000. The van der Waals surface area contributed by atoms with Crippen molar-refractivity contribution in [1.82, 2.24) is 4.72 Å². The maximum absolute atomic E-state index is 12.6. The zero-order valence-corrected chi connectivity index (χ0v) is 15.5. The predicted molar refractivity (Wildman–Crippen MR) is 99.2 cm³/mol. The summed E-state index contributed by atoms with van der Waals surface area (Å²) in [6, 6.07) is 9.15. The molecule has 1 atom stereocenters. The number of carboxylic acid groups (broad SMARTS) is 1. The molecular formula is C17H17N3O7S. The summed E-state index contributed by atoms with van der Waals surface area (Å²) in [5.74, 6) is -1.60. The number of benzene rings is 2. The summed E-state index contributed by atoms with van der Waals surface area (Å²) in [6.07, 6.45) is -0.607. The van der Waals surface area contributed by atoms with Crippen molar-refractivity contribution in [2.75, 3.05) is 5.32 Å². The molecular weight excluding hydrogens is 390 g/mol. The molecule has 2 aromatic rings. The number of nitrogens with zero attached hydrogens (tertiary/aromatic N) is 1. The van der Waals surface area contributed by atoms with Crippen LogP contribution in [-0.4, -0.2) is 30.3 Å². The molecule has 0 aliphatic carbocycles. The highest BCUT2D eigenvalue weighted by Crippen LogP contribution is 2.24. The van der Waals surface area contributed by atoms with Crippen LogP contribution in [0.3, 0.4) is 0 Å². The van der Waals surface area contributed by atoms with Gasteiger partial charge in [0.25, 0.3) is 5.69 Å². The molecule has 0 saturated carbocycles. The Balaban J connectivity index is 2.32. The number of hydrogen-bond donors (Lipinski definition) is 3. The lowest BCUT2D eigenvalue weighted by molar-refractivity contribution is -0.384. The lowest BCUT2D eigenvalue weighted by Crippen LogP contribution is -2.30. The van der Waals surface area contributed by atoms with Crippen molar-refractivity contribution in [2.45, 2.75) is 24.3 Å². The van der Waals surface area contributed by atoms with E-state index in [9.17, 15) is 28.1 Å². The average Bonchev–Trinajstić information content (AvgIpc) is 2.60. The van der Waals surface area contributed by atoms with Gasteiger partial charge in [0.1, 0.15) is 0 Å². The first-order valence-electron chi connectivity index (χ1n) is 7.94. The summed E-state index contributed by atoms with van der Waals surface area (Å²) < 4.78 is 27.5. The number of aliphatic carboxylic acids is 1. The second-order valence-electron chi connectivity index (χ2n) is 5.83. The number of anilines is 1. The number of carbonyl (C=O) groups is 2. The van der Waals surface area contributed by atoms with Crippen molar-refractivity contribution in [1.29, 1.82) is 0 Å². The molecule has 0 bridgehead atoms. The predicted octanol–water partition coefficient (Wildman–Crippen LogP) is 2.05. The van der Waals surface area contributed by atoms with E-state index >= 15 is 0 Å². The van der Waals surface area contributed by atoms with Gasteiger partial charge in [-0.3, -0.25) is 19.7 Å². The van der Waals surface area contributed by atoms with Gasteiger partial charge in [0.05, 0.1) is 22.3 Å². The minimum absolute atomic E-state index is 0.148. The van der Waals surface area contributed by atoms with Gasteiger partial charge in [-0.15, -0.1) is 0 Å². The monoisotopic (exact) mass is 407 g/mol. The number of nitrogens with one attached hydrogen (secondary N) is 2.